The van der Waals surface area contributed by atoms with Crippen molar-refractivity contribution < 1.29 is 0 Å². The molecule has 0 bridgehead atoms. The van der Waals surface area contributed by atoms with Gasteiger partial charge in [0.2, 0.25) is 0 Å². The van der Waals surface area contributed by atoms with Gasteiger partial charge in [-0.15, -0.1) is 0 Å². The Morgan fingerprint density at radius 3 is 2.22 bits per heavy atom. The molecule has 1 heterocycles. The van der Waals surface area contributed by atoms with Crippen LogP contribution in [0, 0.1) is 0 Å². The van der Waals surface area contributed by atoms with Crippen LogP contribution in [0.1, 0.15) is 5.56 Å². The van der Waals surface area contributed by atoms with Crippen LogP contribution in [-0.4, -0.2) is 26.6 Å². The van der Waals surface area contributed by atoms with Crippen molar-refractivity contribution in [2.24, 2.45) is 4.99 Å². The van der Waals surface area contributed by atoms with Crippen LogP contribution < -0.4 is 9.36 Å². The van der Waals surface area contributed by atoms with Gasteiger partial charge in [-0.1, -0.05) is 0 Å². The second-order valence-corrected chi connectivity index (χ2v) is 7.63. The first-order valence-electron chi connectivity index (χ1n) is 7.57. The van der Waals surface area contributed by atoms with E-state index in [2.05, 4.69) is 90.8 Å². The summed E-state index contributed by atoms with van der Waals surface area (Å²) in [5.41, 5.74) is 4.64. The summed E-state index contributed by atoms with van der Waals surface area (Å²) in [6, 6.07) is 27.5. The molecule has 0 N–H and O–H groups in total. The zero-order valence-electron chi connectivity index (χ0n) is 12.8. The van der Waals surface area contributed by atoms with Crippen molar-refractivity contribution in [3.05, 3.63) is 84.4 Å². The molecule has 0 atom stereocenters. The first-order chi connectivity index (χ1) is 11.3. The van der Waals surface area contributed by atoms with Gasteiger partial charge in [-0.2, -0.15) is 0 Å². The predicted molar refractivity (Wildman–Crippen MR) is 99.0 cm³/mol. The predicted octanol–water partition coefficient (Wildman–Crippen LogP) is 3.88. The van der Waals surface area contributed by atoms with Crippen molar-refractivity contribution in [3.8, 4) is 0 Å². The van der Waals surface area contributed by atoms with Gasteiger partial charge in [0, 0.05) is 0 Å². The Labute approximate surface area is 142 Å². The summed E-state index contributed by atoms with van der Waals surface area (Å²) in [7, 11) is 2.12. The van der Waals surface area contributed by atoms with E-state index in [-0.39, 0.29) is 15.0 Å². The third-order valence-corrected chi connectivity index (χ3v) is 6.04. The Balaban J connectivity index is 1.89. The number of aliphatic imine (C=N–C) groups is 1. The molecular formula is C20H16N2Se. The monoisotopic (exact) mass is 364 g/mol. The average molecular weight is 363 g/mol. The molecule has 4 rings (SSSR count). The first-order valence-corrected chi connectivity index (χ1v) is 9.28. The minimum atomic E-state index is 0.176. The molecular weight excluding hydrogens is 347 g/mol. The molecule has 0 fully saturated rings. The van der Waals surface area contributed by atoms with Gasteiger partial charge in [0.15, 0.2) is 0 Å². The van der Waals surface area contributed by atoms with Crippen molar-refractivity contribution in [2.45, 2.75) is 0 Å². The second kappa shape index (κ2) is 6.04. The van der Waals surface area contributed by atoms with E-state index in [1.165, 1.54) is 20.3 Å². The molecule has 0 saturated heterocycles. The Morgan fingerprint density at radius 1 is 0.739 bits per heavy atom. The Kier molecular flexibility index (Phi) is 3.74. The van der Waals surface area contributed by atoms with Crippen molar-refractivity contribution in [1.82, 2.24) is 0 Å². The number of nitrogens with zero attached hydrogens (tertiary/aromatic N) is 2. The third-order valence-electron chi connectivity index (χ3n) is 3.92. The fourth-order valence-electron chi connectivity index (χ4n) is 2.77. The molecule has 112 valence electrons. The Bertz CT molecular complexity index is 872. The number of fused-ring (bicyclic) bond motifs is 2. The standard InChI is InChI=1S/C20H16N2Se/c1-22-18-13-7-5-11-16(18)20(23-15-9-3-2-4-10-15)21-17-12-6-8-14-19(17)22/h2-14H,1H3. The molecule has 3 heteroatoms. The van der Waals surface area contributed by atoms with Crippen LogP contribution in [0.3, 0.4) is 0 Å². The normalized spacial score (nSPS) is 12.9. The number of para-hydroxylation sites is 3. The van der Waals surface area contributed by atoms with Gasteiger partial charge in [0.1, 0.15) is 0 Å². The van der Waals surface area contributed by atoms with Gasteiger partial charge in [0.05, 0.1) is 0 Å². The molecule has 23 heavy (non-hydrogen) atoms. The summed E-state index contributed by atoms with van der Waals surface area (Å²) >= 11 is 0.176. The Hall–Kier alpha value is -2.35. The van der Waals surface area contributed by atoms with Crippen LogP contribution in [0.2, 0.25) is 0 Å². The molecule has 3 aromatic carbocycles. The molecule has 1 aliphatic rings. The zero-order chi connectivity index (χ0) is 15.6. The fraction of sp³-hybridized carbons (Fsp3) is 0.0500. The van der Waals surface area contributed by atoms with Gasteiger partial charge < -0.3 is 0 Å². The average Bonchev–Trinajstić information content (AvgIpc) is 2.72. The summed E-state index contributed by atoms with van der Waals surface area (Å²) in [6.07, 6.45) is 0. The first kappa shape index (κ1) is 14.3. The summed E-state index contributed by atoms with van der Waals surface area (Å²) < 4.78 is 2.52. The number of benzene rings is 3. The number of rotatable bonds is 2. The minimum absolute atomic E-state index is 0.176. The van der Waals surface area contributed by atoms with Gasteiger partial charge in [-0.3, -0.25) is 0 Å². The maximum absolute atomic E-state index is 5.03. The summed E-state index contributed by atoms with van der Waals surface area (Å²) in [5, 5.41) is 0. The molecule has 3 aromatic rings. The molecule has 2 nitrogen and oxygen atoms in total. The number of hydrogen-bond donors (Lipinski definition) is 0. The van der Waals surface area contributed by atoms with Gasteiger partial charge >= 0.3 is 142 Å². The van der Waals surface area contributed by atoms with Crippen LogP contribution in [0.15, 0.2) is 83.9 Å². The molecule has 0 saturated carbocycles. The number of hydrogen-bond acceptors (Lipinski definition) is 2. The van der Waals surface area contributed by atoms with Crippen LogP contribution in [0.4, 0.5) is 17.1 Å². The van der Waals surface area contributed by atoms with Gasteiger partial charge in [0.25, 0.3) is 0 Å². The quantitative estimate of drug-likeness (QED) is 0.631. The van der Waals surface area contributed by atoms with Gasteiger partial charge in [-0.25, -0.2) is 0 Å². The maximum atomic E-state index is 5.03. The van der Waals surface area contributed by atoms with E-state index in [0.29, 0.717) is 0 Å². The molecule has 0 unspecified atom stereocenters. The summed E-state index contributed by atoms with van der Waals surface area (Å²) in [6.45, 7) is 0. The van der Waals surface area contributed by atoms with Crippen LogP contribution in [0.25, 0.3) is 0 Å². The zero-order valence-corrected chi connectivity index (χ0v) is 14.5. The third kappa shape index (κ3) is 2.70. The van der Waals surface area contributed by atoms with E-state index in [0.717, 1.165) is 11.4 Å². The van der Waals surface area contributed by atoms with E-state index in [1.54, 1.807) is 0 Å². The molecule has 0 spiro atoms. The Morgan fingerprint density at radius 2 is 1.39 bits per heavy atom. The van der Waals surface area contributed by atoms with Crippen molar-refractivity contribution >= 4 is 41.1 Å². The molecule has 1 aliphatic heterocycles. The van der Waals surface area contributed by atoms with Crippen molar-refractivity contribution in [3.63, 3.8) is 0 Å². The molecule has 0 amide bonds. The summed E-state index contributed by atoms with van der Waals surface area (Å²) in [5.74, 6) is 0. The molecule has 0 aromatic heterocycles. The van der Waals surface area contributed by atoms with E-state index >= 15 is 0 Å². The topological polar surface area (TPSA) is 15.6 Å². The second-order valence-electron chi connectivity index (χ2n) is 5.40. The SMILES string of the molecule is CN1c2ccccc2N=C([Se]c2ccccc2)c2ccccc21. The molecule has 0 aliphatic carbocycles. The van der Waals surface area contributed by atoms with Gasteiger partial charge in [-0.05, 0) is 0 Å². The van der Waals surface area contributed by atoms with Crippen LogP contribution in [-0.2, 0) is 0 Å². The van der Waals surface area contributed by atoms with Crippen LogP contribution in [0.5, 0.6) is 0 Å². The molecule has 0 radical (unpaired) electrons. The summed E-state index contributed by atoms with van der Waals surface area (Å²) in [4.78, 5) is 7.27. The van der Waals surface area contributed by atoms with E-state index < -0.39 is 0 Å². The van der Waals surface area contributed by atoms with E-state index in [9.17, 15) is 0 Å². The van der Waals surface area contributed by atoms with Crippen molar-refractivity contribution in [1.29, 1.82) is 0 Å². The van der Waals surface area contributed by atoms with Crippen molar-refractivity contribution in [2.75, 3.05) is 11.9 Å². The fourth-order valence-corrected chi connectivity index (χ4v) is 4.75. The van der Waals surface area contributed by atoms with Crippen LogP contribution >= 0.6 is 0 Å². The van der Waals surface area contributed by atoms with E-state index in [4.69, 9.17) is 4.99 Å². The van der Waals surface area contributed by atoms with E-state index in [1.807, 2.05) is 0 Å². The number of anilines is 2.